The number of benzene rings is 1. The summed E-state index contributed by atoms with van der Waals surface area (Å²) >= 11 is 0. The SMILES string of the molecule is CN(C)c1ncc(NC(=O)Nc2ccc(F)cc2F)cn1. The average Bonchev–Trinajstić information content (AvgIpc) is 2.42. The fourth-order valence-corrected chi connectivity index (χ4v) is 1.49. The fourth-order valence-electron chi connectivity index (χ4n) is 1.49. The molecule has 2 amide bonds. The molecule has 21 heavy (non-hydrogen) atoms. The van der Waals surface area contributed by atoms with E-state index in [-0.39, 0.29) is 5.69 Å². The van der Waals surface area contributed by atoms with E-state index in [1.807, 2.05) is 0 Å². The second-order valence-electron chi connectivity index (χ2n) is 4.37. The minimum atomic E-state index is -0.857. The van der Waals surface area contributed by atoms with Crippen LogP contribution in [0.3, 0.4) is 0 Å². The Hall–Kier alpha value is -2.77. The first-order valence-electron chi connectivity index (χ1n) is 5.98. The number of nitrogens with one attached hydrogen (secondary N) is 2. The Balaban J connectivity index is 2.01. The minimum absolute atomic E-state index is 0.125. The van der Waals surface area contributed by atoms with Crippen molar-refractivity contribution < 1.29 is 13.6 Å². The molecule has 2 N–H and O–H groups in total. The molecule has 1 aromatic carbocycles. The molecule has 0 saturated carbocycles. The topological polar surface area (TPSA) is 70.2 Å². The lowest BCUT2D eigenvalue weighted by Gasteiger charge is -2.11. The molecule has 0 aliphatic heterocycles. The van der Waals surface area contributed by atoms with Crippen molar-refractivity contribution in [2.75, 3.05) is 29.6 Å². The molecule has 0 unspecified atom stereocenters. The van der Waals surface area contributed by atoms with E-state index in [1.54, 1.807) is 19.0 Å². The van der Waals surface area contributed by atoms with E-state index >= 15 is 0 Å². The first kappa shape index (κ1) is 14.6. The average molecular weight is 293 g/mol. The van der Waals surface area contributed by atoms with Crippen molar-refractivity contribution in [3.8, 4) is 0 Å². The van der Waals surface area contributed by atoms with E-state index in [4.69, 9.17) is 0 Å². The summed E-state index contributed by atoms with van der Waals surface area (Å²) in [6.45, 7) is 0. The van der Waals surface area contributed by atoms with Gasteiger partial charge in [-0.2, -0.15) is 0 Å². The van der Waals surface area contributed by atoms with E-state index in [1.165, 1.54) is 12.4 Å². The molecule has 2 rings (SSSR count). The van der Waals surface area contributed by atoms with Gasteiger partial charge in [-0.15, -0.1) is 0 Å². The van der Waals surface area contributed by atoms with Crippen molar-refractivity contribution >= 4 is 23.4 Å². The Kier molecular flexibility index (Phi) is 4.27. The molecule has 0 atom stereocenters. The molecule has 0 spiro atoms. The van der Waals surface area contributed by atoms with Crippen molar-refractivity contribution in [1.29, 1.82) is 0 Å². The number of nitrogens with zero attached hydrogens (tertiary/aromatic N) is 3. The number of hydrogen-bond acceptors (Lipinski definition) is 4. The Labute approximate surface area is 119 Å². The van der Waals surface area contributed by atoms with Crippen LogP contribution in [0.25, 0.3) is 0 Å². The molecular weight excluding hydrogens is 280 g/mol. The predicted octanol–water partition coefficient (Wildman–Crippen LogP) is 2.46. The highest BCUT2D eigenvalue weighted by Crippen LogP contribution is 2.15. The molecule has 0 aliphatic rings. The van der Waals surface area contributed by atoms with Gasteiger partial charge in [-0.1, -0.05) is 0 Å². The summed E-state index contributed by atoms with van der Waals surface area (Å²) in [6.07, 6.45) is 2.84. The third kappa shape index (κ3) is 3.85. The van der Waals surface area contributed by atoms with E-state index in [0.29, 0.717) is 17.7 Å². The molecule has 8 heteroatoms. The monoisotopic (exact) mass is 293 g/mol. The lowest BCUT2D eigenvalue weighted by Crippen LogP contribution is -2.21. The summed E-state index contributed by atoms with van der Waals surface area (Å²) in [5.41, 5.74) is 0.223. The molecule has 0 aliphatic carbocycles. The standard InChI is InChI=1S/C13H13F2N5O/c1-20(2)12-16-6-9(7-17-12)18-13(21)19-11-4-3-8(14)5-10(11)15/h3-7H,1-2H3,(H2,18,19,21). The second kappa shape index (κ2) is 6.12. The van der Waals surface area contributed by atoms with E-state index in [9.17, 15) is 13.6 Å². The number of carbonyl (C=O) groups excluding carboxylic acids is 1. The lowest BCUT2D eigenvalue weighted by atomic mass is 10.3. The zero-order valence-electron chi connectivity index (χ0n) is 11.4. The third-order valence-corrected chi connectivity index (χ3v) is 2.48. The van der Waals surface area contributed by atoms with Gasteiger partial charge >= 0.3 is 6.03 Å². The van der Waals surface area contributed by atoms with Crippen molar-refractivity contribution in [2.24, 2.45) is 0 Å². The number of hydrogen-bond donors (Lipinski definition) is 2. The van der Waals surface area contributed by atoms with Gasteiger partial charge in [-0.05, 0) is 12.1 Å². The number of halogens is 2. The van der Waals surface area contributed by atoms with Gasteiger partial charge in [0.25, 0.3) is 0 Å². The van der Waals surface area contributed by atoms with Gasteiger partial charge in [0.1, 0.15) is 11.6 Å². The van der Waals surface area contributed by atoms with Crippen LogP contribution in [0.2, 0.25) is 0 Å². The van der Waals surface area contributed by atoms with Gasteiger partial charge in [-0.25, -0.2) is 23.5 Å². The number of carbonyl (C=O) groups is 1. The number of amides is 2. The summed E-state index contributed by atoms with van der Waals surface area (Å²) < 4.78 is 26.1. The first-order chi connectivity index (χ1) is 9.95. The molecule has 6 nitrogen and oxygen atoms in total. The van der Waals surface area contributed by atoms with Crippen LogP contribution in [0.1, 0.15) is 0 Å². The molecule has 0 bridgehead atoms. The van der Waals surface area contributed by atoms with Crippen molar-refractivity contribution in [1.82, 2.24) is 9.97 Å². The highest BCUT2D eigenvalue weighted by Gasteiger charge is 2.08. The van der Waals surface area contributed by atoms with Gasteiger partial charge in [0.05, 0.1) is 23.8 Å². The molecule has 2 aromatic rings. The summed E-state index contributed by atoms with van der Waals surface area (Å²) in [5.74, 6) is -1.08. The van der Waals surface area contributed by atoms with Crippen molar-refractivity contribution in [3.05, 3.63) is 42.2 Å². The molecule has 0 radical (unpaired) electrons. The van der Waals surface area contributed by atoms with Crippen LogP contribution in [0.15, 0.2) is 30.6 Å². The number of rotatable bonds is 3. The Morgan fingerprint density at radius 1 is 1.14 bits per heavy atom. The number of aromatic nitrogens is 2. The third-order valence-electron chi connectivity index (χ3n) is 2.48. The van der Waals surface area contributed by atoms with Gasteiger partial charge in [0.15, 0.2) is 0 Å². The molecule has 0 fully saturated rings. The van der Waals surface area contributed by atoms with Gasteiger partial charge in [0.2, 0.25) is 5.95 Å². The maximum absolute atomic E-state index is 13.4. The minimum Gasteiger partial charge on any atom is -0.347 e. The summed E-state index contributed by atoms with van der Waals surface area (Å²) in [7, 11) is 3.57. The van der Waals surface area contributed by atoms with E-state index < -0.39 is 17.7 Å². The van der Waals surface area contributed by atoms with Crippen LogP contribution < -0.4 is 15.5 Å². The maximum atomic E-state index is 13.4. The Morgan fingerprint density at radius 3 is 2.38 bits per heavy atom. The van der Waals surface area contributed by atoms with Crippen LogP contribution in [0, 0.1) is 11.6 Å². The van der Waals surface area contributed by atoms with E-state index in [2.05, 4.69) is 20.6 Å². The van der Waals surface area contributed by atoms with Crippen molar-refractivity contribution in [3.63, 3.8) is 0 Å². The van der Waals surface area contributed by atoms with E-state index in [0.717, 1.165) is 12.1 Å². The zero-order valence-corrected chi connectivity index (χ0v) is 11.4. The molecule has 1 aromatic heterocycles. The van der Waals surface area contributed by atoms with Crippen LogP contribution in [0.4, 0.5) is 30.9 Å². The predicted molar refractivity (Wildman–Crippen MR) is 75.4 cm³/mol. The summed E-state index contributed by atoms with van der Waals surface area (Å²) in [6, 6.07) is 2.19. The Morgan fingerprint density at radius 2 is 1.81 bits per heavy atom. The molecule has 110 valence electrons. The van der Waals surface area contributed by atoms with Crippen LogP contribution in [0.5, 0.6) is 0 Å². The van der Waals surface area contributed by atoms with Crippen LogP contribution in [-0.4, -0.2) is 30.1 Å². The number of urea groups is 1. The molecular formula is C13H13F2N5O. The zero-order chi connectivity index (χ0) is 15.4. The van der Waals surface area contributed by atoms with Crippen LogP contribution >= 0.6 is 0 Å². The number of anilines is 3. The summed E-state index contributed by atoms with van der Waals surface area (Å²) in [4.78, 5) is 21.4. The fraction of sp³-hybridized carbons (Fsp3) is 0.154. The molecule has 0 saturated heterocycles. The quantitative estimate of drug-likeness (QED) is 0.912. The molecule has 1 heterocycles. The van der Waals surface area contributed by atoms with Gasteiger partial charge in [0, 0.05) is 20.2 Å². The normalized spacial score (nSPS) is 10.1. The largest absolute Gasteiger partial charge is 0.347 e. The highest BCUT2D eigenvalue weighted by atomic mass is 19.1. The van der Waals surface area contributed by atoms with Crippen LogP contribution in [-0.2, 0) is 0 Å². The second-order valence-corrected chi connectivity index (χ2v) is 4.37. The van der Waals surface area contributed by atoms with Crippen molar-refractivity contribution in [2.45, 2.75) is 0 Å². The van der Waals surface area contributed by atoms with Gasteiger partial charge in [-0.3, -0.25) is 0 Å². The summed E-state index contributed by atoms with van der Waals surface area (Å²) in [5, 5.41) is 4.71. The highest BCUT2D eigenvalue weighted by molar-refractivity contribution is 5.99. The smallest absolute Gasteiger partial charge is 0.323 e. The first-order valence-corrected chi connectivity index (χ1v) is 5.98. The lowest BCUT2D eigenvalue weighted by molar-refractivity contribution is 0.262. The Bertz CT molecular complexity index is 646. The maximum Gasteiger partial charge on any atom is 0.323 e. The van der Waals surface area contributed by atoms with Gasteiger partial charge < -0.3 is 15.5 Å².